The van der Waals surface area contributed by atoms with Crippen molar-refractivity contribution in [2.24, 2.45) is 5.73 Å². The largest absolute Gasteiger partial charge is 0.457 e. The van der Waals surface area contributed by atoms with Crippen molar-refractivity contribution in [3.05, 3.63) is 59.7 Å². The maximum Gasteiger partial charge on any atom is 0.127 e. The van der Waals surface area contributed by atoms with Crippen molar-refractivity contribution in [1.82, 2.24) is 0 Å². The van der Waals surface area contributed by atoms with E-state index in [0.717, 1.165) is 17.1 Å². The Bertz CT molecular complexity index is 451. The van der Waals surface area contributed by atoms with Gasteiger partial charge < -0.3 is 10.5 Å². The summed E-state index contributed by atoms with van der Waals surface area (Å²) in [5.41, 5.74) is 7.86. The number of benzene rings is 2. The second-order valence-electron chi connectivity index (χ2n) is 3.76. The summed E-state index contributed by atoms with van der Waals surface area (Å²) >= 11 is 0. The summed E-state index contributed by atoms with van der Waals surface area (Å²) in [4.78, 5) is 0. The maximum absolute atomic E-state index is 5.69. The van der Waals surface area contributed by atoms with Gasteiger partial charge >= 0.3 is 0 Å². The first kappa shape index (κ1) is 13.6. The zero-order chi connectivity index (χ0) is 11.4. The lowest BCUT2D eigenvalue weighted by Gasteiger charge is -2.06. The lowest BCUT2D eigenvalue weighted by atomic mass is 10.2. The normalized spacial score (nSPS) is 9.53. The smallest absolute Gasteiger partial charge is 0.127 e. The van der Waals surface area contributed by atoms with Gasteiger partial charge in [-0.1, -0.05) is 29.8 Å². The number of halogens is 1. The lowest BCUT2D eigenvalue weighted by Crippen LogP contribution is -1.95. The Hall–Kier alpha value is -1.51. The standard InChI is InChI=1S/C14H15NO.ClH/c1-11-2-6-13(7-3-11)16-14-8-4-12(10-15)5-9-14;/h2-9H,10,15H2,1H3;1H. The monoisotopic (exact) mass is 249 g/mol. The zero-order valence-corrected chi connectivity index (χ0v) is 10.5. The molecular formula is C14H16ClNO. The summed E-state index contributed by atoms with van der Waals surface area (Å²) in [7, 11) is 0. The average molecular weight is 250 g/mol. The van der Waals surface area contributed by atoms with E-state index in [1.165, 1.54) is 5.56 Å². The van der Waals surface area contributed by atoms with Crippen LogP contribution in [0.15, 0.2) is 48.5 Å². The Morgan fingerprint density at radius 2 is 1.35 bits per heavy atom. The van der Waals surface area contributed by atoms with Gasteiger partial charge in [0.1, 0.15) is 11.5 Å². The SMILES string of the molecule is Cc1ccc(Oc2ccc(CN)cc2)cc1.Cl. The minimum atomic E-state index is 0. The molecule has 0 fully saturated rings. The summed E-state index contributed by atoms with van der Waals surface area (Å²) in [5.74, 6) is 1.69. The summed E-state index contributed by atoms with van der Waals surface area (Å²) in [6.45, 7) is 2.62. The first-order chi connectivity index (χ1) is 7.78. The maximum atomic E-state index is 5.69. The van der Waals surface area contributed by atoms with Crippen LogP contribution in [0.3, 0.4) is 0 Å². The number of hydrogen-bond acceptors (Lipinski definition) is 2. The van der Waals surface area contributed by atoms with E-state index in [1.54, 1.807) is 0 Å². The number of aryl methyl sites for hydroxylation is 1. The molecule has 0 aromatic heterocycles. The van der Waals surface area contributed by atoms with Crippen LogP contribution in [0.5, 0.6) is 11.5 Å². The van der Waals surface area contributed by atoms with E-state index in [4.69, 9.17) is 10.5 Å². The minimum Gasteiger partial charge on any atom is -0.457 e. The first-order valence-corrected chi connectivity index (χ1v) is 5.31. The van der Waals surface area contributed by atoms with Gasteiger partial charge in [-0.15, -0.1) is 12.4 Å². The Labute approximate surface area is 108 Å². The van der Waals surface area contributed by atoms with Crippen molar-refractivity contribution in [2.45, 2.75) is 13.5 Å². The molecular weight excluding hydrogens is 234 g/mol. The van der Waals surface area contributed by atoms with Gasteiger partial charge in [-0.3, -0.25) is 0 Å². The van der Waals surface area contributed by atoms with Crippen LogP contribution in [0, 0.1) is 6.92 Å². The highest BCUT2D eigenvalue weighted by atomic mass is 35.5. The molecule has 0 radical (unpaired) electrons. The molecule has 0 heterocycles. The van der Waals surface area contributed by atoms with E-state index < -0.39 is 0 Å². The predicted octanol–water partition coefficient (Wildman–Crippen LogP) is 3.67. The molecule has 0 amide bonds. The second-order valence-corrected chi connectivity index (χ2v) is 3.76. The highest BCUT2D eigenvalue weighted by Crippen LogP contribution is 2.21. The lowest BCUT2D eigenvalue weighted by molar-refractivity contribution is 0.482. The molecule has 90 valence electrons. The van der Waals surface area contributed by atoms with Gasteiger partial charge in [0.05, 0.1) is 0 Å². The molecule has 0 aliphatic carbocycles. The van der Waals surface area contributed by atoms with Crippen LogP contribution < -0.4 is 10.5 Å². The highest BCUT2D eigenvalue weighted by Gasteiger charge is 1.96. The molecule has 0 bridgehead atoms. The van der Waals surface area contributed by atoms with Gasteiger partial charge in [-0.05, 0) is 36.8 Å². The van der Waals surface area contributed by atoms with Crippen molar-refractivity contribution in [3.63, 3.8) is 0 Å². The fraction of sp³-hybridized carbons (Fsp3) is 0.143. The van der Waals surface area contributed by atoms with Gasteiger partial charge in [0.25, 0.3) is 0 Å². The third-order valence-corrected chi connectivity index (χ3v) is 2.42. The summed E-state index contributed by atoms with van der Waals surface area (Å²) in [5, 5.41) is 0. The van der Waals surface area contributed by atoms with E-state index in [1.807, 2.05) is 48.5 Å². The first-order valence-electron chi connectivity index (χ1n) is 5.31. The number of hydrogen-bond donors (Lipinski definition) is 1. The van der Waals surface area contributed by atoms with Crippen molar-refractivity contribution in [1.29, 1.82) is 0 Å². The second kappa shape index (κ2) is 6.28. The van der Waals surface area contributed by atoms with E-state index in [-0.39, 0.29) is 12.4 Å². The molecule has 0 aliphatic rings. The van der Waals surface area contributed by atoms with Gasteiger partial charge in [-0.2, -0.15) is 0 Å². The molecule has 0 saturated carbocycles. The molecule has 17 heavy (non-hydrogen) atoms. The Kier molecular flexibility index (Phi) is 5.01. The van der Waals surface area contributed by atoms with Crippen LogP contribution in [-0.2, 0) is 6.54 Å². The summed E-state index contributed by atoms with van der Waals surface area (Å²) in [6, 6.07) is 15.8. The average Bonchev–Trinajstić information content (AvgIpc) is 2.33. The predicted molar refractivity (Wildman–Crippen MR) is 72.8 cm³/mol. The fourth-order valence-corrected chi connectivity index (χ4v) is 1.44. The molecule has 2 aromatic rings. The molecule has 2 rings (SSSR count). The molecule has 0 unspecified atom stereocenters. The summed E-state index contributed by atoms with van der Waals surface area (Å²) in [6.07, 6.45) is 0. The van der Waals surface area contributed by atoms with Gasteiger partial charge in [0.2, 0.25) is 0 Å². The van der Waals surface area contributed by atoms with Crippen molar-refractivity contribution < 1.29 is 4.74 Å². The van der Waals surface area contributed by atoms with Crippen molar-refractivity contribution in [3.8, 4) is 11.5 Å². The van der Waals surface area contributed by atoms with E-state index >= 15 is 0 Å². The van der Waals surface area contributed by atoms with Crippen LogP contribution in [0.1, 0.15) is 11.1 Å². The fourth-order valence-electron chi connectivity index (χ4n) is 1.44. The zero-order valence-electron chi connectivity index (χ0n) is 9.72. The molecule has 0 atom stereocenters. The van der Waals surface area contributed by atoms with Gasteiger partial charge in [0.15, 0.2) is 0 Å². The quantitative estimate of drug-likeness (QED) is 0.901. The van der Waals surface area contributed by atoms with Crippen molar-refractivity contribution in [2.75, 3.05) is 0 Å². The molecule has 0 saturated heterocycles. The number of nitrogens with two attached hydrogens (primary N) is 1. The van der Waals surface area contributed by atoms with Gasteiger partial charge in [0, 0.05) is 6.54 Å². The molecule has 3 heteroatoms. The Morgan fingerprint density at radius 1 is 0.882 bits per heavy atom. The van der Waals surface area contributed by atoms with Crippen LogP contribution >= 0.6 is 12.4 Å². The number of ether oxygens (including phenoxy) is 1. The molecule has 2 nitrogen and oxygen atoms in total. The third-order valence-electron chi connectivity index (χ3n) is 2.42. The molecule has 2 N–H and O–H groups in total. The van der Waals surface area contributed by atoms with E-state index in [2.05, 4.69) is 6.92 Å². The van der Waals surface area contributed by atoms with Crippen molar-refractivity contribution >= 4 is 12.4 Å². The molecule has 0 spiro atoms. The summed E-state index contributed by atoms with van der Waals surface area (Å²) < 4.78 is 5.69. The van der Waals surface area contributed by atoms with E-state index in [0.29, 0.717) is 6.54 Å². The van der Waals surface area contributed by atoms with Crippen LogP contribution in [-0.4, -0.2) is 0 Å². The van der Waals surface area contributed by atoms with Crippen LogP contribution in [0.4, 0.5) is 0 Å². The highest BCUT2D eigenvalue weighted by molar-refractivity contribution is 5.85. The Morgan fingerprint density at radius 3 is 1.82 bits per heavy atom. The van der Waals surface area contributed by atoms with Gasteiger partial charge in [-0.25, -0.2) is 0 Å². The minimum absolute atomic E-state index is 0. The topological polar surface area (TPSA) is 35.2 Å². The van der Waals surface area contributed by atoms with E-state index in [9.17, 15) is 0 Å². The molecule has 0 aliphatic heterocycles. The molecule has 2 aromatic carbocycles. The number of rotatable bonds is 3. The third kappa shape index (κ3) is 3.77. The Balaban J connectivity index is 0.00000144. The van der Waals surface area contributed by atoms with Crippen LogP contribution in [0.25, 0.3) is 0 Å². The van der Waals surface area contributed by atoms with Crippen LogP contribution in [0.2, 0.25) is 0 Å².